The van der Waals surface area contributed by atoms with Crippen LogP contribution in [0.2, 0.25) is 0 Å². The first-order chi connectivity index (χ1) is 11.4. The van der Waals surface area contributed by atoms with Gasteiger partial charge in [0.15, 0.2) is 0 Å². The molecule has 0 unspecified atom stereocenters. The molecular weight excluding hydrogens is 300 g/mol. The second-order valence-electron chi connectivity index (χ2n) is 6.92. The van der Waals surface area contributed by atoms with E-state index in [1.165, 1.54) is 18.9 Å². The predicted molar refractivity (Wildman–Crippen MR) is 99.6 cm³/mol. The van der Waals surface area contributed by atoms with Crippen LogP contribution in [0, 0.1) is 19.8 Å². The Morgan fingerprint density at radius 3 is 2.88 bits per heavy atom. The minimum Gasteiger partial charge on any atom is -0.342 e. The highest BCUT2D eigenvalue weighted by molar-refractivity contribution is 6.02. The summed E-state index contributed by atoms with van der Waals surface area (Å²) in [6.07, 6.45) is 3.79. The summed E-state index contributed by atoms with van der Waals surface area (Å²) in [6, 6.07) is 2.10. The third kappa shape index (κ3) is 2.79. The van der Waals surface area contributed by atoms with Crippen molar-refractivity contribution < 1.29 is 4.79 Å². The van der Waals surface area contributed by atoms with E-state index < -0.39 is 0 Å². The van der Waals surface area contributed by atoms with Crippen LogP contribution in [0.1, 0.15) is 30.9 Å². The minimum atomic E-state index is -0.193. The average molecular weight is 326 g/mol. The van der Waals surface area contributed by atoms with Crippen LogP contribution < -0.4 is 10.2 Å². The van der Waals surface area contributed by atoms with E-state index in [2.05, 4.69) is 41.4 Å². The number of anilines is 2. The highest BCUT2D eigenvalue weighted by Gasteiger charge is 2.22. The van der Waals surface area contributed by atoms with Crippen LogP contribution in [-0.2, 0) is 11.8 Å². The Labute approximate surface area is 143 Å². The maximum Gasteiger partial charge on any atom is 0.247 e. The van der Waals surface area contributed by atoms with Crippen molar-refractivity contribution in [2.24, 2.45) is 13.0 Å². The molecule has 5 heteroatoms. The van der Waals surface area contributed by atoms with E-state index in [0.717, 1.165) is 46.9 Å². The first kappa shape index (κ1) is 16.6. The number of carbonyl (C=O) groups excluding carboxylic acids is 1. The second kappa shape index (κ2) is 6.30. The Morgan fingerprint density at radius 2 is 2.21 bits per heavy atom. The maximum absolute atomic E-state index is 11.7. The van der Waals surface area contributed by atoms with Gasteiger partial charge < -0.3 is 14.8 Å². The van der Waals surface area contributed by atoms with Crippen molar-refractivity contribution >= 4 is 28.6 Å². The molecule has 0 aliphatic carbocycles. The van der Waals surface area contributed by atoms with Crippen molar-refractivity contribution in [3.8, 4) is 0 Å². The Kier molecular flexibility index (Phi) is 4.35. The van der Waals surface area contributed by atoms with E-state index in [4.69, 9.17) is 4.98 Å². The fourth-order valence-corrected chi connectivity index (χ4v) is 3.65. The van der Waals surface area contributed by atoms with E-state index in [9.17, 15) is 4.79 Å². The summed E-state index contributed by atoms with van der Waals surface area (Å²) in [6.45, 7) is 12.0. The SMILES string of the molecule is C=CC(=O)Nc1c(C)cc2c(nc(N3CCC[C@@H](C)C3)n2C)c1C. The smallest absolute Gasteiger partial charge is 0.247 e. The van der Waals surface area contributed by atoms with Crippen molar-refractivity contribution in [3.05, 3.63) is 29.8 Å². The highest BCUT2D eigenvalue weighted by Crippen LogP contribution is 2.32. The molecule has 1 aromatic heterocycles. The third-order valence-electron chi connectivity index (χ3n) is 4.97. The molecule has 1 aliphatic heterocycles. The van der Waals surface area contributed by atoms with Crippen LogP contribution in [-0.4, -0.2) is 28.5 Å². The molecule has 0 bridgehead atoms. The molecular formula is C19H26N4O. The second-order valence-corrected chi connectivity index (χ2v) is 6.92. The Balaban J connectivity index is 2.08. The number of aromatic nitrogens is 2. The van der Waals surface area contributed by atoms with E-state index >= 15 is 0 Å². The van der Waals surface area contributed by atoms with Crippen molar-refractivity contribution in [2.45, 2.75) is 33.6 Å². The number of benzene rings is 1. The summed E-state index contributed by atoms with van der Waals surface area (Å²) in [5, 5.41) is 2.92. The fourth-order valence-electron chi connectivity index (χ4n) is 3.65. The van der Waals surface area contributed by atoms with Gasteiger partial charge in [-0.25, -0.2) is 4.98 Å². The number of imidazole rings is 1. The zero-order valence-corrected chi connectivity index (χ0v) is 15.0. The third-order valence-corrected chi connectivity index (χ3v) is 4.97. The lowest BCUT2D eigenvalue weighted by molar-refractivity contribution is -0.111. The minimum absolute atomic E-state index is 0.193. The lowest BCUT2D eigenvalue weighted by Gasteiger charge is -2.31. The molecule has 24 heavy (non-hydrogen) atoms. The normalized spacial score (nSPS) is 18.0. The standard InChI is InChI=1S/C19H26N4O/c1-6-16(24)20-17-13(3)10-15-18(14(17)4)21-19(22(15)5)23-9-7-8-12(2)11-23/h6,10,12H,1,7-9,11H2,2-5H3,(H,20,24)/t12-/m1/s1. The van der Waals surface area contributed by atoms with Crippen molar-refractivity contribution in [2.75, 3.05) is 23.3 Å². The number of nitrogens with zero attached hydrogens (tertiary/aromatic N) is 3. The molecule has 1 amide bonds. The molecule has 0 saturated carbocycles. The molecule has 128 valence electrons. The summed E-state index contributed by atoms with van der Waals surface area (Å²) >= 11 is 0. The van der Waals surface area contributed by atoms with Crippen LogP contribution in [0.25, 0.3) is 11.0 Å². The predicted octanol–water partition coefficient (Wildman–Crippen LogP) is 3.55. The van der Waals surface area contributed by atoms with Gasteiger partial charge in [-0.15, -0.1) is 0 Å². The van der Waals surface area contributed by atoms with E-state index in [0.29, 0.717) is 5.92 Å². The van der Waals surface area contributed by atoms with Gasteiger partial charge in [-0.05, 0) is 50.3 Å². The van der Waals surface area contributed by atoms with E-state index in [-0.39, 0.29) is 5.91 Å². The van der Waals surface area contributed by atoms with E-state index in [1.54, 1.807) is 0 Å². The first-order valence-corrected chi connectivity index (χ1v) is 8.57. The fraction of sp³-hybridized carbons (Fsp3) is 0.474. The van der Waals surface area contributed by atoms with Gasteiger partial charge in [0.1, 0.15) is 0 Å². The number of hydrogen-bond acceptors (Lipinski definition) is 3. The molecule has 1 saturated heterocycles. The van der Waals surface area contributed by atoms with Crippen molar-refractivity contribution in [1.82, 2.24) is 9.55 Å². The molecule has 1 atom stereocenters. The maximum atomic E-state index is 11.7. The van der Waals surface area contributed by atoms with Gasteiger partial charge in [-0.3, -0.25) is 4.79 Å². The molecule has 2 heterocycles. The zero-order valence-electron chi connectivity index (χ0n) is 15.0. The van der Waals surface area contributed by atoms with E-state index in [1.807, 2.05) is 13.8 Å². The molecule has 0 radical (unpaired) electrons. The molecule has 1 aromatic carbocycles. The molecule has 5 nitrogen and oxygen atoms in total. The largest absolute Gasteiger partial charge is 0.342 e. The van der Waals surface area contributed by atoms with Gasteiger partial charge in [0, 0.05) is 31.4 Å². The lowest BCUT2D eigenvalue weighted by Crippen LogP contribution is -2.35. The number of hydrogen-bond donors (Lipinski definition) is 1. The van der Waals surface area contributed by atoms with Gasteiger partial charge >= 0.3 is 0 Å². The summed E-state index contributed by atoms with van der Waals surface area (Å²) in [4.78, 5) is 19.0. The van der Waals surface area contributed by atoms with Crippen molar-refractivity contribution in [3.63, 3.8) is 0 Å². The number of piperidine rings is 1. The van der Waals surface area contributed by atoms with Crippen LogP contribution in [0.15, 0.2) is 18.7 Å². The molecule has 3 rings (SSSR count). The Morgan fingerprint density at radius 1 is 1.46 bits per heavy atom. The summed E-state index contributed by atoms with van der Waals surface area (Å²) in [5.74, 6) is 1.52. The molecule has 1 aliphatic rings. The first-order valence-electron chi connectivity index (χ1n) is 8.57. The number of nitrogens with one attached hydrogen (secondary N) is 1. The summed E-state index contributed by atoms with van der Waals surface area (Å²) in [5.41, 5.74) is 4.94. The highest BCUT2D eigenvalue weighted by atomic mass is 16.1. The number of carbonyl (C=O) groups is 1. The van der Waals surface area contributed by atoms with Crippen LogP contribution >= 0.6 is 0 Å². The van der Waals surface area contributed by atoms with Crippen molar-refractivity contribution in [1.29, 1.82) is 0 Å². The average Bonchev–Trinajstić information content (AvgIpc) is 2.88. The molecule has 1 fully saturated rings. The summed E-state index contributed by atoms with van der Waals surface area (Å²) in [7, 11) is 2.07. The van der Waals surface area contributed by atoms with Crippen LogP contribution in [0.4, 0.5) is 11.6 Å². The zero-order chi connectivity index (χ0) is 17.4. The van der Waals surface area contributed by atoms with Gasteiger partial charge in [0.05, 0.1) is 11.0 Å². The molecule has 1 N–H and O–H groups in total. The number of fused-ring (bicyclic) bond motifs is 1. The Hall–Kier alpha value is -2.30. The van der Waals surface area contributed by atoms with Gasteiger partial charge in [-0.1, -0.05) is 13.5 Å². The molecule has 2 aromatic rings. The summed E-state index contributed by atoms with van der Waals surface area (Å²) < 4.78 is 2.17. The van der Waals surface area contributed by atoms with Crippen LogP contribution in [0.5, 0.6) is 0 Å². The Bertz CT molecular complexity index is 806. The van der Waals surface area contributed by atoms with Gasteiger partial charge in [0.25, 0.3) is 0 Å². The number of rotatable bonds is 3. The van der Waals surface area contributed by atoms with Crippen LogP contribution in [0.3, 0.4) is 0 Å². The number of aryl methyl sites for hydroxylation is 3. The monoisotopic (exact) mass is 326 g/mol. The quantitative estimate of drug-likeness (QED) is 0.878. The lowest BCUT2D eigenvalue weighted by atomic mass is 10.0. The van der Waals surface area contributed by atoms with Gasteiger partial charge in [-0.2, -0.15) is 0 Å². The van der Waals surface area contributed by atoms with Gasteiger partial charge in [0.2, 0.25) is 11.9 Å². The number of amides is 1. The topological polar surface area (TPSA) is 50.2 Å². The molecule has 0 spiro atoms.